The van der Waals surface area contributed by atoms with Gasteiger partial charge < -0.3 is 5.11 Å². The van der Waals surface area contributed by atoms with Crippen LogP contribution in [-0.2, 0) is 10.0 Å². The lowest BCUT2D eigenvalue weighted by Gasteiger charge is -2.34. The lowest BCUT2D eigenvalue weighted by molar-refractivity contribution is 0.0696. The molecule has 0 amide bonds. The van der Waals surface area contributed by atoms with E-state index in [0.717, 1.165) is 24.6 Å². The molecule has 1 aliphatic heterocycles. The number of carboxylic acids is 1. The number of nitrogens with zero attached hydrogens (tertiary/aromatic N) is 1. The maximum absolute atomic E-state index is 14.0. The van der Waals surface area contributed by atoms with Crippen LogP contribution in [0.2, 0.25) is 0 Å². The largest absolute Gasteiger partial charge is 0.478 e. The molecule has 1 aliphatic rings. The third-order valence-electron chi connectivity index (χ3n) is 4.09. The van der Waals surface area contributed by atoms with Gasteiger partial charge in [-0.2, -0.15) is 4.31 Å². The van der Waals surface area contributed by atoms with Crippen LogP contribution < -0.4 is 0 Å². The molecule has 0 radical (unpaired) electrons. The van der Waals surface area contributed by atoms with Crippen molar-refractivity contribution in [3.8, 4) is 0 Å². The monoisotopic (exact) mass is 315 g/mol. The molecule has 0 spiro atoms. The maximum atomic E-state index is 14.0. The van der Waals surface area contributed by atoms with Gasteiger partial charge in [-0.1, -0.05) is 13.8 Å². The molecule has 0 saturated carbocycles. The predicted molar refractivity (Wildman–Crippen MR) is 75.1 cm³/mol. The van der Waals surface area contributed by atoms with Crippen molar-refractivity contribution in [1.82, 2.24) is 4.31 Å². The number of aromatic carboxylic acids is 1. The summed E-state index contributed by atoms with van der Waals surface area (Å²) in [5.74, 6) is -1.69. The standard InChI is InChI=1S/C14H18FNO4S/c1-9-5-6-16(8-10(9)2)21(19,20)13-4-3-11(14(17)18)7-12(13)15/h3-4,7,9-10H,5-6,8H2,1-2H3,(H,17,18). The van der Waals surface area contributed by atoms with Crippen LogP contribution in [-0.4, -0.2) is 36.9 Å². The van der Waals surface area contributed by atoms with Gasteiger partial charge in [0.15, 0.2) is 0 Å². The number of halogens is 1. The summed E-state index contributed by atoms with van der Waals surface area (Å²) < 4.78 is 40.2. The first-order valence-corrected chi connectivity index (χ1v) is 8.20. The molecule has 7 heteroatoms. The molecule has 5 nitrogen and oxygen atoms in total. The molecule has 1 aromatic rings. The molecule has 2 atom stereocenters. The minimum Gasteiger partial charge on any atom is -0.478 e. The highest BCUT2D eigenvalue weighted by Gasteiger charge is 2.33. The quantitative estimate of drug-likeness (QED) is 0.928. The normalized spacial score (nSPS) is 24.0. The summed E-state index contributed by atoms with van der Waals surface area (Å²) in [5, 5.41) is 8.79. The molecule has 1 N–H and O–H groups in total. The van der Waals surface area contributed by atoms with E-state index in [1.807, 2.05) is 6.92 Å². The smallest absolute Gasteiger partial charge is 0.335 e. The zero-order valence-electron chi connectivity index (χ0n) is 11.9. The second kappa shape index (κ2) is 5.73. The number of benzene rings is 1. The van der Waals surface area contributed by atoms with Gasteiger partial charge in [-0.15, -0.1) is 0 Å². The Morgan fingerprint density at radius 2 is 2.00 bits per heavy atom. The summed E-state index contributed by atoms with van der Waals surface area (Å²) in [6, 6.07) is 2.87. The number of hydrogen-bond acceptors (Lipinski definition) is 3. The Kier molecular flexibility index (Phi) is 4.34. The second-order valence-electron chi connectivity index (χ2n) is 5.56. The molecule has 1 aromatic carbocycles. The van der Waals surface area contributed by atoms with Crippen molar-refractivity contribution < 1.29 is 22.7 Å². The highest BCUT2D eigenvalue weighted by molar-refractivity contribution is 7.89. The van der Waals surface area contributed by atoms with Gasteiger partial charge in [0, 0.05) is 13.1 Å². The third-order valence-corrected chi connectivity index (χ3v) is 5.99. The van der Waals surface area contributed by atoms with Crippen molar-refractivity contribution >= 4 is 16.0 Å². The van der Waals surface area contributed by atoms with Gasteiger partial charge in [0.2, 0.25) is 10.0 Å². The lowest BCUT2D eigenvalue weighted by Crippen LogP contribution is -2.42. The van der Waals surface area contributed by atoms with Crippen LogP contribution in [0.25, 0.3) is 0 Å². The van der Waals surface area contributed by atoms with Crippen LogP contribution in [0.4, 0.5) is 4.39 Å². The van der Waals surface area contributed by atoms with Gasteiger partial charge in [0.1, 0.15) is 10.7 Å². The number of piperidine rings is 1. The molecule has 2 rings (SSSR count). The summed E-state index contributed by atoms with van der Waals surface area (Å²) >= 11 is 0. The van der Waals surface area contributed by atoms with Crippen molar-refractivity contribution in [2.75, 3.05) is 13.1 Å². The predicted octanol–water partition coefficient (Wildman–Crippen LogP) is 2.19. The topological polar surface area (TPSA) is 74.7 Å². The molecule has 21 heavy (non-hydrogen) atoms. The van der Waals surface area contributed by atoms with E-state index in [1.54, 1.807) is 0 Å². The molecular formula is C14H18FNO4S. The molecule has 1 heterocycles. The minimum atomic E-state index is -3.93. The van der Waals surface area contributed by atoms with Crippen LogP contribution in [0.3, 0.4) is 0 Å². The second-order valence-corrected chi connectivity index (χ2v) is 7.46. The summed E-state index contributed by atoms with van der Waals surface area (Å²) in [6.45, 7) is 4.74. The maximum Gasteiger partial charge on any atom is 0.335 e. The van der Waals surface area contributed by atoms with E-state index in [2.05, 4.69) is 6.92 Å². The van der Waals surface area contributed by atoms with E-state index in [-0.39, 0.29) is 11.5 Å². The Hall–Kier alpha value is -1.47. The summed E-state index contributed by atoms with van der Waals surface area (Å²) in [7, 11) is -3.93. The average molecular weight is 315 g/mol. The minimum absolute atomic E-state index is 0.204. The number of sulfonamides is 1. The molecule has 1 fully saturated rings. The van der Waals surface area contributed by atoms with E-state index in [0.29, 0.717) is 19.0 Å². The van der Waals surface area contributed by atoms with Crippen LogP contribution in [0.5, 0.6) is 0 Å². The molecule has 116 valence electrons. The van der Waals surface area contributed by atoms with Gasteiger partial charge in [0.25, 0.3) is 0 Å². The van der Waals surface area contributed by atoms with E-state index in [4.69, 9.17) is 5.11 Å². The molecule has 0 aromatic heterocycles. The Labute approximate surface area is 123 Å². The van der Waals surface area contributed by atoms with Crippen molar-refractivity contribution in [1.29, 1.82) is 0 Å². The van der Waals surface area contributed by atoms with Gasteiger partial charge in [-0.25, -0.2) is 17.6 Å². The SMILES string of the molecule is CC1CCN(S(=O)(=O)c2ccc(C(=O)O)cc2F)CC1C. The van der Waals surface area contributed by atoms with Crippen molar-refractivity contribution in [2.24, 2.45) is 11.8 Å². The van der Waals surface area contributed by atoms with E-state index >= 15 is 0 Å². The highest BCUT2D eigenvalue weighted by atomic mass is 32.2. The Balaban J connectivity index is 2.34. The number of carbonyl (C=O) groups is 1. The van der Waals surface area contributed by atoms with Gasteiger partial charge in [-0.3, -0.25) is 0 Å². The lowest BCUT2D eigenvalue weighted by atomic mass is 9.90. The fourth-order valence-electron chi connectivity index (χ4n) is 2.43. The fraction of sp³-hybridized carbons (Fsp3) is 0.500. The average Bonchev–Trinajstić information content (AvgIpc) is 2.41. The van der Waals surface area contributed by atoms with Crippen molar-refractivity contribution in [2.45, 2.75) is 25.2 Å². The molecule has 0 aliphatic carbocycles. The molecule has 0 bridgehead atoms. The first-order chi connectivity index (χ1) is 9.73. The molecular weight excluding hydrogens is 297 g/mol. The van der Waals surface area contributed by atoms with E-state index < -0.39 is 26.7 Å². The Bertz CT molecular complexity index is 659. The first kappa shape index (κ1) is 15.9. The highest BCUT2D eigenvalue weighted by Crippen LogP contribution is 2.28. The summed E-state index contributed by atoms with van der Waals surface area (Å²) in [4.78, 5) is 10.3. The fourth-order valence-corrected chi connectivity index (χ4v) is 4.03. The number of rotatable bonds is 3. The Morgan fingerprint density at radius 3 is 2.52 bits per heavy atom. The van der Waals surface area contributed by atoms with Crippen molar-refractivity contribution in [3.63, 3.8) is 0 Å². The van der Waals surface area contributed by atoms with Crippen molar-refractivity contribution in [3.05, 3.63) is 29.6 Å². The van der Waals surface area contributed by atoms with Gasteiger partial charge >= 0.3 is 5.97 Å². The number of hydrogen-bond donors (Lipinski definition) is 1. The van der Waals surface area contributed by atoms with Crippen LogP contribution in [0.15, 0.2) is 23.1 Å². The van der Waals surface area contributed by atoms with Crippen LogP contribution in [0.1, 0.15) is 30.6 Å². The third kappa shape index (κ3) is 3.08. The van der Waals surface area contributed by atoms with Gasteiger partial charge in [-0.05, 0) is 36.5 Å². The summed E-state index contributed by atoms with van der Waals surface area (Å²) in [5.41, 5.74) is -0.271. The van der Waals surface area contributed by atoms with Gasteiger partial charge in [0.05, 0.1) is 5.56 Å². The first-order valence-electron chi connectivity index (χ1n) is 6.76. The van der Waals surface area contributed by atoms with E-state index in [9.17, 15) is 17.6 Å². The summed E-state index contributed by atoms with van der Waals surface area (Å²) in [6.07, 6.45) is 0.731. The zero-order chi connectivity index (χ0) is 15.8. The zero-order valence-corrected chi connectivity index (χ0v) is 12.7. The molecule has 1 saturated heterocycles. The van der Waals surface area contributed by atoms with E-state index in [1.165, 1.54) is 4.31 Å². The van der Waals surface area contributed by atoms with Crippen LogP contribution in [0, 0.1) is 17.7 Å². The number of carboxylic acid groups (broad SMARTS) is 1. The van der Waals surface area contributed by atoms with Crippen LogP contribution >= 0.6 is 0 Å². The Morgan fingerprint density at radius 1 is 1.33 bits per heavy atom. The molecule has 2 unspecified atom stereocenters.